The molecule has 0 heterocycles. The Labute approximate surface area is 159 Å². The van der Waals surface area contributed by atoms with E-state index in [2.05, 4.69) is 20.8 Å². The summed E-state index contributed by atoms with van der Waals surface area (Å²) in [6.07, 6.45) is 1.97. The fourth-order valence-electron chi connectivity index (χ4n) is 2.60. The van der Waals surface area contributed by atoms with E-state index in [9.17, 15) is 9.90 Å². The zero-order valence-corrected chi connectivity index (χ0v) is 16.8. The van der Waals surface area contributed by atoms with Crippen molar-refractivity contribution in [1.29, 1.82) is 0 Å². The highest BCUT2D eigenvalue weighted by molar-refractivity contribution is 7.97. The van der Waals surface area contributed by atoms with Crippen LogP contribution in [-0.4, -0.2) is 24.4 Å². The fourth-order valence-corrected chi connectivity index (χ4v) is 3.13. The molecule has 2 rings (SSSR count). The molecule has 0 bridgehead atoms. The predicted octanol–water partition coefficient (Wildman–Crippen LogP) is 4.57. The number of thioether (sulfide) groups is 1. The van der Waals surface area contributed by atoms with Crippen LogP contribution in [0.15, 0.2) is 36.4 Å². The first-order valence-electron chi connectivity index (χ1n) is 8.42. The number of rotatable bonds is 6. The molecule has 0 saturated carbocycles. The van der Waals surface area contributed by atoms with Gasteiger partial charge in [0, 0.05) is 11.3 Å². The summed E-state index contributed by atoms with van der Waals surface area (Å²) in [5.41, 5.74) is 3.21. The van der Waals surface area contributed by atoms with E-state index < -0.39 is 5.97 Å². The minimum Gasteiger partial charge on any atom is -0.493 e. The fraction of sp³-hybridized carbons (Fsp3) is 0.381. The van der Waals surface area contributed by atoms with Crippen molar-refractivity contribution in [2.75, 3.05) is 13.4 Å². The lowest BCUT2D eigenvalue weighted by atomic mass is 9.87. The molecule has 0 aliphatic heterocycles. The van der Waals surface area contributed by atoms with Crippen molar-refractivity contribution < 1.29 is 19.4 Å². The van der Waals surface area contributed by atoms with Gasteiger partial charge in [-0.1, -0.05) is 32.9 Å². The Morgan fingerprint density at radius 3 is 2.31 bits per heavy atom. The number of benzene rings is 2. The molecule has 0 fully saturated rings. The molecule has 0 aliphatic carbocycles. The highest BCUT2D eigenvalue weighted by atomic mass is 32.2. The lowest BCUT2D eigenvalue weighted by Gasteiger charge is -2.19. The number of aliphatic hydroxyl groups excluding tert-OH is 1. The van der Waals surface area contributed by atoms with E-state index in [1.165, 1.54) is 7.11 Å². The molecule has 0 saturated heterocycles. The minimum absolute atomic E-state index is 0.0251. The number of aliphatic hydroxyl groups is 1. The molecule has 0 spiro atoms. The SMILES string of the molecule is COc1cc(CO)cc(CSC)c1OC(=O)c1ccc(C(C)(C)C)cc1. The molecule has 4 nitrogen and oxygen atoms in total. The van der Waals surface area contributed by atoms with E-state index in [4.69, 9.17) is 9.47 Å². The van der Waals surface area contributed by atoms with E-state index in [-0.39, 0.29) is 12.0 Å². The van der Waals surface area contributed by atoms with Crippen LogP contribution in [0.3, 0.4) is 0 Å². The number of hydrogen-bond donors (Lipinski definition) is 1. The van der Waals surface area contributed by atoms with Crippen LogP contribution < -0.4 is 9.47 Å². The maximum atomic E-state index is 12.6. The smallest absolute Gasteiger partial charge is 0.343 e. The first-order valence-corrected chi connectivity index (χ1v) is 9.81. The molecular weight excluding hydrogens is 348 g/mol. The highest BCUT2D eigenvalue weighted by Crippen LogP contribution is 2.35. The van der Waals surface area contributed by atoms with Crippen LogP contribution in [0.4, 0.5) is 0 Å². The second kappa shape index (κ2) is 8.60. The quantitative estimate of drug-likeness (QED) is 0.593. The Morgan fingerprint density at radius 2 is 1.81 bits per heavy atom. The van der Waals surface area contributed by atoms with Gasteiger partial charge >= 0.3 is 5.97 Å². The van der Waals surface area contributed by atoms with Crippen LogP contribution in [0.5, 0.6) is 11.5 Å². The summed E-state index contributed by atoms with van der Waals surface area (Å²) in [7, 11) is 1.52. The standard InChI is InChI=1S/C21H26O4S/c1-21(2,3)17-8-6-15(7-9-17)20(23)25-19-16(13-26-5)10-14(12-22)11-18(19)24-4/h6-11,22H,12-13H2,1-5H3. The third-order valence-corrected chi connectivity index (χ3v) is 4.67. The number of carbonyl (C=O) groups excluding carboxylic acids is 1. The van der Waals surface area contributed by atoms with Crippen LogP contribution in [0.2, 0.25) is 0 Å². The molecule has 0 aliphatic rings. The molecule has 0 radical (unpaired) electrons. The highest BCUT2D eigenvalue weighted by Gasteiger charge is 2.19. The minimum atomic E-state index is -0.428. The van der Waals surface area contributed by atoms with Crippen LogP contribution in [0.25, 0.3) is 0 Å². The van der Waals surface area contributed by atoms with Crippen molar-refractivity contribution in [3.8, 4) is 11.5 Å². The Hall–Kier alpha value is -1.98. The summed E-state index contributed by atoms with van der Waals surface area (Å²) in [6.45, 7) is 6.29. The first kappa shape index (κ1) is 20.3. The lowest BCUT2D eigenvalue weighted by molar-refractivity contribution is 0.0728. The van der Waals surface area contributed by atoms with Crippen LogP contribution in [-0.2, 0) is 17.8 Å². The Balaban J connectivity index is 2.33. The zero-order chi connectivity index (χ0) is 19.3. The number of ether oxygens (including phenoxy) is 2. The van der Waals surface area contributed by atoms with Crippen molar-refractivity contribution in [2.45, 2.75) is 38.5 Å². The van der Waals surface area contributed by atoms with Gasteiger partial charge in [0.15, 0.2) is 11.5 Å². The Morgan fingerprint density at radius 1 is 1.15 bits per heavy atom. The third-order valence-electron chi connectivity index (χ3n) is 4.08. The van der Waals surface area contributed by atoms with Crippen molar-refractivity contribution >= 4 is 17.7 Å². The van der Waals surface area contributed by atoms with Crippen LogP contribution in [0, 0.1) is 0 Å². The predicted molar refractivity (Wildman–Crippen MR) is 106 cm³/mol. The largest absolute Gasteiger partial charge is 0.493 e. The summed E-state index contributed by atoms with van der Waals surface area (Å²) in [4.78, 5) is 12.6. The molecule has 0 amide bonds. The average molecular weight is 375 g/mol. The van der Waals surface area contributed by atoms with E-state index in [0.29, 0.717) is 22.8 Å². The van der Waals surface area contributed by atoms with Crippen molar-refractivity contribution in [3.63, 3.8) is 0 Å². The van der Waals surface area contributed by atoms with Gasteiger partial charge in [-0.3, -0.25) is 0 Å². The van der Waals surface area contributed by atoms with Gasteiger partial charge in [-0.25, -0.2) is 4.79 Å². The monoisotopic (exact) mass is 374 g/mol. The second-order valence-electron chi connectivity index (χ2n) is 7.09. The second-order valence-corrected chi connectivity index (χ2v) is 7.96. The molecular formula is C21H26O4S. The van der Waals surface area contributed by atoms with Gasteiger partial charge in [-0.2, -0.15) is 11.8 Å². The maximum absolute atomic E-state index is 12.6. The topological polar surface area (TPSA) is 55.8 Å². The Bertz CT molecular complexity index is 761. The van der Waals surface area contributed by atoms with E-state index in [1.54, 1.807) is 30.0 Å². The summed E-state index contributed by atoms with van der Waals surface area (Å²) >= 11 is 1.61. The molecule has 0 atom stereocenters. The number of hydrogen-bond acceptors (Lipinski definition) is 5. The number of carbonyl (C=O) groups is 1. The zero-order valence-electron chi connectivity index (χ0n) is 16.0. The number of esters is 1. The molecule has 0 unspecified atom stereocenters. The van der Waals surface area contributed by atoms with E-state index in [1.807, 2.05) is 24.5 Å². The van der Waals surface area contributed by atoms with Gasteiger partial charge in [-0.05, 0) is 47.1 Å². The van der Waals surface area contributed by atoms with E-state index in [0.717, 1.165) is 16.7 Å². The molecule has 26 heavy (non-hydrogen) atoms. The van der Waals surface area contributed by atoms with Gasteiger partial charge in [0.1, 0.15) is 0 Å². The first-order chi connectivity index (χ1) is 12.3. The summed E-state index contributed by atoms with van der Waals surface area (Å²) in [5, 5.41) is 9.42. The molecule has 2 aromatic rings. The van der Waals surface area contributed by atoms with Gasteiger partial charge in [0.2, 0.25) is 0 Å². The average Bonchev–Trinajstić information content (AvgIpc) is 2.62. The molecule has 1 N–H and O–H groups in total. The third kappa shape index (κ3) is 4.80. The summed E-state index contributed by atoms with van der Waals surface area (Å²) in [6, 6.07) is 11.0. The Kier molecular flexibility index (Phi) is 6.73. The normalized spacial score (nSPS) is 11.3. The molecule has 5 heteroatoms. The molecule has 0 aromatic heterocycles. The molecule has 140 valence electrons. The van der Waals surface area contributed by atoms with Gasteiger partial charge in [-0.15, -0.1) is 0 Å². The maximum Gasteiger partial charge on any atom is 0.343 e. The summed E-state index contributed by atoms with van der Waals surface area (Å²) < 4.78 is 11.1. The number of methoxy groups -OCH3 is 1. The van der Waals surface area contributed by atoms with Crippen molar-refractivity contribution in [1.82, 2.24) is 0 Å². The van der Waals surface area contributed by atoms with Gasteiger partial charge < -0.3 is 14.6 Å². The molecule has 2 aromatic carbocycles. The lowest BCUT2D eigenvalue weighted by Crippen LogP contribution is -2.13. The summed E-state index contributed by atoms with van der Waals surface area (Å²) in [5.74, 6) is 1.07. The van der Waals surface area contributed by atoms with Gasteiger partial charge in [0.05, 0.1) is 19.3 Å². The van der Waals surface area contributed by atoms with Crippen LogP contribution >= 0.6 is 11.8 Å². The van der Waals surface area contributed by atoms with Gasteiger partial charge in [0.25, 0.3) is 0 Å². The van der Waals surface area contributed by atoms with Crippen molar-refractivity contribution in [2.24, 2.45) is 0 Å². The van der Waals surface area contributed by atoms with E-state index >= 15 is 0 Å². The van der Waals surface area contributed by atoms with Crippen molar-refractivity contribution in [3.05, 3.63) is 58.7 Å². The van der Waals surface area contributed by atoms with Crippen LogP contribution in [0.1, 0.15) is 47.8 Å².